The van der Waals surface area contributed by atoms with Gasteiger partial charge in [0.25, 0.3) is 0 Å². The second-order valence-corrected chi connectivity index (χ2v) is 6.87. The van der Waals surface area contributed by atoms with E-state index in [9.17, 15) is 19.8 Å². The Morgan fingerprint density at radius 2 is 2.13 bits per heavy atom. The lowest BCUT2D eigenvalue weighted by Gasteiger charge is -2.29. The molecular weight excluding hydrogens is 388 g/mol. The quantitative estimate of drug-likeness (QED) is 0.641. The minimum Gasteiger partial charge on any atom is -0.481 e. The third-order valence-electron chi connectivity index (χ3n) is 4.40. The maximum Gasteiger partial charge on any atom is 0.310 e. The highest BCUT2D eigenvalue weighted by Gasteiger charge is 2.43. The lowest BCUT2D eigenvalue weighted by molar-refractivity contribution is -0.160. The van der Waals surface area contributed by atoms with Crippen LogP contribution in [-0.4, -0.2) is 32.3 Å². The number of benzene rings is 1. The summed E-state index contributed by atoms with van der Waals surface area (Å²) in [6, 6.07) is 1.77. The van der Waals surface area contributed by atoms with E-state index in [2.05, 4.69) is 26.1 Å². The van der Waals surface area contributed by atoms with Crippen molar-refractivity contribution in [2.45, 2.75) is 26.1 Å². The van der Waals surface area contributed by atoms with E-state index in [0.717, 1.165) is 20.9 Å². The van der Waals surface area contributed by atoms with Crippen LogP contribution in [0.15, 0.2) is 16.7 Å². The van der Waals surface area contributed by atoms with Crippen LogP contribution in [0.2, 0.25) is 0 Å². The molecule has 8 heteroatoms. The summed E-state index contributed by atoms with van der Waals surface area (Å²) in [5.74, 6) is -3.18. The van der Waals surface area contributed by atoms with E-state index in [1.807, 2.05) is 0 Å². The first kappa shape index (κ1) is 17.7. The topological polar surface area (TPSA) is 103 Å². The van der Waals surface area contributed by atoms with Crippen LogP contribution >= 0.6 is 27.5 Å². The molecule has 0 amide bonds. The number of carboxylic acid groups (broad SMARTS) is 2. The van der Waals surface area contributed by atoms with Crippen molar-refractivity contribution in [2.24, 2.45) is 11.3 Å². The van der Waals surface area contributed by atoms with Crippen molar-refractivity contribution >= 4 is 50.4 Å². The zero-order chi connectivity index (χ0) is 17.4. The SMILES string of the molecule is CC(C(=O)O)[C@](C)(Cc1cc(Br)c2[nH]ncc2c1CCl)C(=O)O. The zero-order valence-electron chi connectivity index (χ0n) is 12.6. The Hall–Kier alpha value is -1.60. The van der Waals surface area contributed by atoms with Crippen molar-refractivity contribution in [2.75, 3.05) is 0 Å². The molecule has 0 saturated heterocycles. The number of hydrogen-bond acceptors (Lipinski definition) is 3. The number of rotatable bonds is 6. The molecule has 0 aliphatic heterocycles. The van der Waals surface area contributed by atoms with Gasteiger partial charge in [-0.3, -0.25) is 14.7 Å². The van der Waals surface area contributed by atoms with Gasteiger partial charge in [0, 0.05) is 15.7 Å². The van der Waals surface area contributed by atoms with Crippen LogP contribution in [0.25, 0.3) is 10.9 Å². The summed E-state index contributed by atoms with van der Waals surface area (Å²) in [6.45, 7) is 2.85. The molecule has 0 bridgehead atoms. The molecule has 6 nitrogen and oxygen atoms in total. The third kappa shape index (κ3) is 3.07. The monoisotopic (exact) mass is 402 g/mol. The number of carbonyl (C=O) groups is 2. The summed E-state index contributed by atoms with van der Waals surface area (Å²) >= 11 is 9.47. The number of aromatic nitrogens is 2. The van der Waals surface area contributed by atoms with Crippen molar-refractivity contribution in [1.82, 2.24) is 10.2 Å². The van der Waals surface area contributed by atoms with E-state index in [0.29, 0.717) is 5.56 Å². The molecule has 1 aromatic carbocycles. The van der Waals surface area contributed by atoms with Gasteiger partial charge in [-0.15, -0.1) is 11.6 Å². The highest BCUT2D eigenvalue weighted by molar-refractivity contribution is 9.10. The van der Waals surface area contributed by atoms with E-state index in [1.54, 1.807) is 12.3 Å². The van der Waals surface area contributed by atoms with Crippen molar-refractivity contribution in [3.63, 3.8) is 0 Å². The Bertz CT molecular complexity index is 776. The number of halogens is 2. The van der Waals surface area contributed by atoms with Gasteiger partial charge in [0.05, 0.1) is 23.0 Å². The average molecular weight is 404 g/mol. The first-order chi connectivity index (χ1) is 10.7. The normalized spacial score (nSPS) is 15.3. The van der Waals surface area contributed by atoms with Gasteiger partial charge in [0.2, 0.25) is 0 Å². The lowest BCUT2D eigenvalue weighted by Crippen LogP contribution is -2.40. The fraction of sp³-hybridized carbons (Fsp3) is 0.400. The minimum absolute atomic E-state index is 0.0531. The molecule has 23 heavy (non-hydrogen) atoms. The van der Waals surface area contributed by atoms with Gasteiger partial charge >= 0.3 is 11.9 Å². The Labute approximate surface area is 146 Å². The van der Waals surface area contributed by atoms with Crippen LogP contribution < -0.4 is 0 Å². The standard InChI is InChI=1S/C15H16BrClN2O4/c1-7(13(20)21)15(2,14(22)23)4-8-3-11(16)12-10(6-18-19-12)9(8)5-17/h3,6-7H,4-5H2,1-2H3,(H,18,19)(H,20,21)(H,22,23)/t7?,15-/m0/s1. The van der Waals surface area contributed by atoms with E-state index in [4.69, 9.17) is 11.6 Å². The Kier molecular flexibility index (Phi) is 5.01. The van der Waals surface area contributed by atoms with Gasteiger partial charge in [0.15, 0.2) is 0 Å². The van der Waals surface area contributed by atoms with Crippen LogP contribution in [0.5, 0.6) is 0 Å². The van der Waals surface area contributed by atoms with Gasteiger partial charge < -0.3 is 10.2 Å². The van der Waals surface area contributed by atoms with Gasteiger partial charge in [-0.05, 0) is 46.5 Å². The first-order valence-corrected chi connectivity index (χ1v) is 8.20. The number of alkyl halides is 1. The predicted octanol–water partition coefficient (Wildman–Crippen LogP) is 3.42. The second-order valence-electron chi connectivity index (χ2n) is 5.75. The highest BCUT2D eigenvalue weighted by atomic mass is 79.9. The zero-order valence-corrected chi connectivity index (χ0v) is 14.9. The Morgan fingerprint density at radius 3 is 2.65 bits per heavy atom. The maximum absolute atomic E-state index is 11.7. The summed E-state index contributed by atoms with van der Waals surface area (Å²) in [5.41, 5.74) is 0.763. The lowest BCUT2D eigenvalue weighted by atomic mass is 9.73. The minimum atomic E-state index is -1.45. The average Bonchev–Trinajstić information content (AvgIpc) is 2.96. The van der Waals surface area contributed by atoms with E-state index in [1.165, 1.54) is 13.8 Å². The molecule has 0 aliphatic carbocycles. The molecule has 2 atom stereocenters. The van der Waals surface area contributed by atoms with Crippen LogP contribution in [0.1, 0.15) is 25.0 Å². The van der Waals surface area contributed by atoms with Gasteiger partial charge in [0.1, 0.15) is 0 Å². The molecule has 2 rings (SSSR count). The van der Waals surface area contributed by atoms with Crippen LogP contribution in [0.4, 0.5) is 0 Å². The van der Waals surface area contributed by atoms with Gasteiger partial charge in [-0.1, -0.05) is 6.92 Å². The van der Waals surface area contributed by atoms with Crippen LogP contribution in [0.3, 0.4) is 0 Å². The van der Waals surface area contributed by atoms with Crippen LogP contribution in [0, 0.1) is 11.3 Å². The van der Waals surface area contributed by atoms with Crippen LogP contribution in [-0.2, 0) is 21.9 Å². The smallest absolute Gasteiger partial charge is 0.310 e. The van der Waals surface area contributed by atoms with E-state index in [-0.39, 0.29) is 12.3 Å². The fourth-order valence-corrected chi connectivity index (χ4v) is 3.47. The molecule has 124 valence electrons. The highest BCUT2D eigenvalue weighted by Crippen LogP contribution is 2.37. The van der Waals surface area contributed by atoms with E-state index >= 15 is 0 Å². The van der Waals surface area contributed by atoms with Crippen molar-refractivity contribution in [3.05, 3.63) is 27.9 Å². The van der Waals surface area contributed by atoms with E-state index < -0.39 is 23.3 Å². The number of aliphatic carboxylic acids is 2. The molecule has 1 heterocycles. The molecule has 1 aromatic heterocycles. The first-order valence-electron chi connectivity index (χ1n) is 6.87. The number of aromatic amines is 1. The molecule has 0 saturated carbocycles. The summed E-state index contributed by atoms with van der Waals surface area (Å²) in [6.07, 6.45) is 1.68. The maximum atomic E-state index is 11.7. The van der Waals surface area contributed by atoms with Crippen molar-refractivity contribution in [1.29, 1.82) is 0 Å². The van der Waals surface area contributed by atoms with Crippen molar-refractivity contribution < 1.29 is 19.8 Å². The molecule has 3 N–H and O–H groups in total. The number of nitrogens with one attached hydrogen (secondary N) is 1. The second kappa shape index (κ2) is 6.49. The largest absolute Gasteiger partial charge is 0.481 e. The van der Waals surface area contributed by atoms with Gasteiger partial charge in [-0.25, -0.2) is 0 Å². The molecule has 1 unspecified atom stereocenters. The number of H-pyrrole nitrogens is 1. The number of hydrogen-bond donors (Lipinski definition) is 3. The van der Waals surface area contributed by atoms with Gasteiger partial charge in [-0.2, -0.15) is 5.10 Å². The molecule has 0 radical (unpaired) electrons. The Balaban J connectivity index is 2.59. The molecule has 0 aliphatic rings. The fourth-order valence-electron chi connectivity index (χ4n) is 2.58. The number of fused-ring (bicyclic) bond motifs is 1. The molecule has 0 spiro atoms. The summed E-state index contributed by atoms with van der Waals surface area (Å²) in [4.78, 5) is 23.1. The molecule has 2 aromatic rings. The third-order valence-corrected chi connectivity index (χ3v) is 5.29. The van der Waals surface area contributed by atoms with Crippen molar-refractivity contribution in [3.8, 4) is 0 Å². The molecule has 0 fully saturated rings. The number of nitrogens with zero attached hydrogens (tertiary/aromatic N) is 1. The Morgan fingerprint density at radius 1 is 1.48 bits per heavy atom. The number of carboxylic acids is 2. The summed E-state index contributed by atoms with van der Waals surface area (Å²) < 4.78 is 0.726. The molecular formula is C15H16BrClN2O4. The predicted molar refractivity (Wildman–Crippen MR) is 89.6 cm³/mol. The summed E-state index contributed by atoms with van der Waals surface area (Å²) in [5, 5.41) is 26.5. The summed E-state index contributed by atoms with van der Waals surface area (Å²) in [7, 11) is 0.